The number of alkyl halides is 3. The topological polar surface area (TPSA) is 136 Å². The summed E-state index contributed by atoms with van der Waals surface area (Å²) in [4.78, 5) is 39.1. The molecule has 11 nitrogen and oxygen atoms in total. The first-order chi connectivity index (χ1) is 17.1. The van der Waals surface area contributed by atoms with Gasteiger partial charge in [0.25, 0.3) is 17.2 Å². The second-order valence-electron chi connectivity index (χ2n) is 8.00. The van der Waals surface area contributed by atoms with Gasteiger partial charge in [0.2, 0.25) is 5.91 Å². The third kappa shape index (κ3) is 4.06. The number of H-pyrrole nitrogens is 1. The van der Waals surface area contributed by atoms with Crippen LogP contribution in [0.25, 0.3) is 22.5 Å². The number of aromatic nitrogens is 8. The second kappa shape index (κ2) is 8.55. The summed E-state index contributed by atoms with van der Waals surface area (Å²) in [5.41, 5.74) is 2.45. The van der Waals surface area contributed by atoms with Crippen molar-refractivity contribution in [2.45, 2.75) is 32.9 Å². The van der Waals surface area contributed by atoms with Crippen molar-refractivity contribution in [2.24, 2.45) is 0 Å². The number of benzene rings is 1. The Morgan fingerprint density at radius 2 is 1.94 bits per heavy atom. The predicted octanol–water partition coefficient (Wildman–Crippen LogP) is 2.75. The van der Waals surface area contributed by atoms with E-state index >= 15 is 0 Å². The number of hydrogen-bond acceptors (Lipinski definition) is 7. The van der Waals surface area contributed by atoms with Crippen molar-refractivity contribution in [3.63, 3.8) is 0 Å². The molecule has 2 N–H and O–H groups in total. The molecular weight excluding hydrogens is 479 g/mol. The van der Waals surface area contributed by atoms with Crippen LogP contribution in [0.4, 0.5) is 18.9 Å². The van der Waals surface area contributed by atoms with Gasteiger partial charge in [-0.25, -0.2) is 19.2 Å². The van der Waals surface area contributed by atoms with Crippen molar-refractivity contribution < 1.29 is 18.0 Å². The number of carbonyl (C=O) groups excluding carboxylic acids is 1. The summed E-state index contributed by atoms with van der Waals surface area (Å²) in [6, 6.07) is 6.90. The maximum absolute atomic E-state index is 13.0. The molecule has 36 heavy (non-hydrogen) atoms. The van der Waals surface area contributed by atoms with Crippen molar-refractivity contribution in [3.05, 3.63) is 69.9 Å². The highest BCUT2D eigenvalue weighted by Crippen LogP contribution is 2.27. The Hall–Kier alpha value is -4.62. The minimum atomic E-state index is -4.69. The normalized spacial score (nSPS) is 11.9. The van der Waals surface area contributed by atoms with Crippen LogP contribution in [0.5, 0.6) is 0 Å². The van der Waals surface area contributed by atoms with Gasteiger partial charge in [0.05, 0.1) is 23.9 Å². The van der Waals surface area contributed by atoms with Gasteiger partial charge in [0, 0.05) is 17.8 Å². The summed E-state index contributed by atoms with van der Waals surface area (Å²) < 4.78 is 41.5. The smallest absolute Gasteiger partial charge is 0.324 e. The van der Waals surface area contributed by atoms with Gasteiger partial charge in [0.1, 0.15) is 5.39 Å². The van der Waals surface area contributed by atoms with E-state index in [1.807, 2.05) is 0 Å². The largest absolute Gasteiger partial charge is 0.453 e. The SMILES string of the molecule is Cc1nc2nc(C(F)(F)F)nn2c(C)c1CCC(=O)Nc1ccccc1-n1ncc2c(=O)[nH]cnc21. The molecule has 4 aromatic heterocycles. The van der Waals surface area contributed by atoms with Crippen molar-refractivity contribution in [3.8, 4) is 5.69 Å². The highest BCUT2D eigenvalue weighted by Gasteiger charge is 2.37. The number of rotatable bonds is 5. The van der Waals surface area contributed by atoms with Gasteiger partial charge in [-0.3, -0.25) is 9.59 Å². The molecule has 0 saturated carbocycles. The van der Waals surface area contributed by atoms with Crippen LogP contribution in [-0.4, -0.2) is 45.2 Å². The number of amides is 1. The lowest BCUT2D eigenvalue weighted by Crippen LogP contribution is -2.16. The molecule has 0 aliphatic rings. The molecular formula is C22H18F3N9O2. The quantitative estimate of drug-likeness (QED) is 0.381. The Kier molecular flexibility index (Phi) is 5.50. The number of anilines is 1. The van der Waals surface area contributed by atoms with Crippen molar-refractivity contribution >= 4 is 28.4 Å². The molecule has 1 aromatic carbocycles. The molecule has 0 aliphatic heterocycles. The van der Waals surface area contributed by atoms with Gasteiger partial charge in [0.15, 0.2) is 5.65 Å². The van der Waals surface area contributed by atoms with E-state index in [1.165, 1.54) is 17.2 Å². The van der Waals surface area contributed by atoms with Crippen LogP contribution in [-0.2, 0) is 17.4 Å². The summed E-state index contributed by atoms with van der Waals surface area (Å²) in [6.45, 7) is 3.26. The molecule has 0 radical (unpaired) electrons. The molecule has 4 heterocycles. The molecule has 184 valence electrons. The lowest BCUT2D eigenvalue weighted by atomic mass is 10.1. The Bertz CT molecular complexity index is 1680. The van der Waals surface area contributed by atoms with Crippen LogP contribution in [0.2, 0.25) is 0 Å². The van der Waals surface area contributed by atoms with Gasteiger partial charge in [-0.1, -0.05) is 12.1 Å². The molecule has 0 atom stereocenters. The fraction of sp³-hybridized carbons (Fsp3) is 0.227. The molecule has 0 unspecified atom stereocenters. The maximum atomic E-state index is 13.0. The van der Waals surface area contributed by atoms with E-state index in [4.69, 9.17) is 0 Å². The first-order valence-electron chi connectivity index (χ1n) is 10.7. The van der Waals surface area contributed by atoms with Crippen molar-refractivity contribution in [1.29, 1.82) is 0 Å². The molecule has 0 fully saturated rings. The van der Waals surface area contributed by atoms with Crippen LogP contribution in [0, 0.1) is 13.8 Å². The summed E-state index contributed by atoms with van der Waals surface area (Å²) in [5.74, 6) is -1.76. The monoisotopic (exact) mass is 497 g/mol. The van der Waals surface area contributed by atoms with E-state index in [0.717, 1.165) is 4.52 Å². The van der Waals surface area contributed by atoms with Gasteiger partial charge in [-0.2, -0.15) is 23.3 Å². The van der Waals surface area contributed by atoms with E-state index < -0.39 is 12.0 Å². The van der Waals surface area contributed by atoms with E-state index in [1.54, 1.807) is 38.1 Å². The number of carbonyl (C=O) groups is 1. The number of halogens is 3. The standard InChI is InChI=1S/C22H18F3N9O2/c1-11-13(12(2)33-21(29-11)31-20(32-33)22(23,24)25)7-8-17(35)30-15-5-3-4-6-16(15)34-18-14(9-28-34)19(36)27-10-26-18/h3-6,9-10H,7-8H2,1-2H3,(H,30,35)(H,26,27,36). The first kappa shape index (κ1) is 23.1. The van der Waals surface area contributed by atoms with Crippen LogP contribution in [0.1, 0.15) is 29.2 Å². The number of hydrogen-bond donors (Lipinski definition) is 2. The summed E-state index contributed by atoms with van der Waals surface area (Å²) >= 11 is 0. The third-order valence-corrected chi connectivity index (χ3v) is 5.68. The minimum Gasteiger partial charge on any atom is -0.324 e. The lowest BCUT2D eigenvalue weighted by molar-refractivity contribution is -0.144. The number of aryl methyl sites for hydroxylation is 2. The zero-order valence-corrected chi connectivity index (χ0v) is 19.0. The fourth-order valence-electron chi connectivity index (χ4n) is 3.94. The van der Waals surface area contributed by atoms with Gasteiger partial charge >= 0.3 is 6.18 Å². The van der Waals surface area contributed by atoms with Gasteiger partial charge < -0.3 is 10.3 Å². The molecule has 1 amide bonds. The van der Waals surface area contributed by atoms with Crippen molar-refractivity contribution in [2.75, 3.05) is 5.32 Å². The Labute approximate surface area is 200 Å². The molecule has 0 spiro atoms. The molecule has 0 saturated heterocycles. The number of nitrogens with one attached hydrogen (secondary N) is 2. The van der Waals surface area contributed by atoms with Crippen LogP contribution in [0.3, 0.4) is 0 Å². The van der Waals surface area contributed by atoms with E-state index in [2.05, 4.69) is 35.5 Å². The van der Waals surface area contributed by atoms with E-state index in [9.17, 15) is 22.8 Å². The highest BCUT2D eigenvalue weighted by atomic mass is 19.4. The van der Waals surface area contributed by atoms with Crippen molar-refractivity contribution in [1.82, 2.24) is 39.3 Å². The molecule has 0 aliphatic carbocycles. The molecule has 5 aromatic rings. The predicted molar refractivity (Wildman–Crippen MR) is 122 cm³/mol. The Balaban J connectivity index is 1.38. The number of nitrogens with zero attached hydrogens (tertiary/aromatic N) is 7. The lowest BCUT2D eigenvalue weighted by Gasteiger charge is -2.13. The second-order valence-corrected chi connectivity index (χ2v) is 8.00. The summed E-state index contributed by atoms with van der Waals surface area (Å²) in [6.07, 6.45) is -1.78. The van der Waals surface area contributed by atoms with Crippen LogP contribution < -0.4 is 10.9 Å². The average Bonchev–Trinajstić information content (AvgIpc) is 3.45. The van der Waals surface area contributed by atoms with Crippen LogP contribution >= 0.6 is 0 Å². The van der Waals surface area contributed by atoms with E-state index in [0.29, 0.717) is 39.4 Å². The first-order valence-corrected chi connectivity index (χ1v) is 10.7. The number of para-hydroxylation sites is 2. The Morgan fingerprint density at radius 3 is 2.72 bits per heavy atom. The minimum absolute atomic E-state index is 0.0296. The fourth-order valence-corrected chi connectivity index (χ4v) is 3.94. The van der Waals surface area contributed by atoms with Gasteiger partial charge in [-0.05, 0) is 38.0 Å². The van der Waals surface area contributed by atoms with E-state index in [-0.39, 0.29) is 30.1 Å². The number of aromatic amines is 1. The zero-order chi connectivity index (χ0) is 25.6. The molecule has 0 bridgehead atoms. The highest BCUT2D eigenvalue weighted by molar-refractivity contribution is 5.93. The zero-order valence-electron chi connectivity index (χ0n) is 19.0. The molecule has 14 heteroatoms. The third-order valence-electron chi connectivity index (χ3n) is 5.68. The maximum Gasteiger partial charge on any atom is 0.453 e. The van der Waals surface area contributed by atoms with Gasteiger partial charge in [-0.15, -0.1) is 5.10 Å². The average molecular weight is 497 g/mol. The van der Waals surface area contributed by atoms with Crippen LogP contribution in [0.15, 0.2) is 41.6 Å². The summed E-state index contributed by atoms with van der Waals surface area (Å²) in [7, 11) is 0. The number of fused-ring (bicyclic) bond motifs is 2. The Morgan fingerprint density at radius 1 is 1.17 bits per heavy atom. The molecule has 5 rings (SSSR count). The summed E-state index contributed by atoms with van der Waals surface area (Å²) in [5, 5.41) is 10.9.